The highest BCUT2D eigenvalue weighted by Gasteiger charge is 2.35. The molecule has 4 heterocycles. The van der Waals surface area contributed by atoms with Gasteiger partial charge in [-0.15, -0.1) is 0 Å². The monoisotopic (exact) mass is 767 g/mol. The van der Waals surface area contributed by atoms with Crippen molar-refractivity contribution in [2.75, 3.05) is 57.9 Å². The van der Waals surface area contributed by atoms with Gasteiger partial charge >= 0.3 is 6.09 Å². The molecule has 1 N–H and O–H groups in total. The number of anilines is 1. The lowest BCUT2D eigenvalue weighted by Gasteiger charge is -2.41. The van der Waals surface area contributed by atoms with Crippen molar-refractivity contribution in [1.29, 1.82) is 0 Å². The van der Waals surface area contributed by atoms with E-state index in [1.165, 1.54) is 5.56 Å². The van der Waals surface area contributed by atoms with E-state index in [-0.39, 0.29) is 37.6 Å². The molecule has 11 nitrogen and oxygen atoms in total. The van der Waals surface area contributed by atoms with E-state index >= 15 is 4.79 Å². The number of carbonyl (C=O) groups excluding carboxylic acids is 3. The predicted molar refractivity (Wildman–Crippen MR) is 219 cm³/mol. The van der Waals surface area contributed by atoms with E-state index in [0.717, 1.165) is 41.9 Å². The number of hydrogen-bond donors (Lipinski definition) is 1. The molecule has 0 unspecified atom stereocenters. The van der Waals surface area contributed by atoms with Crippen molar-refractivity contribution in [3.05, 3.63) is 142 Å². The highest BCUT2D eigenvalue weighted by molar-refractivity contribution is 6.08. The SMILES string of the molecule is Cc1c(C(=O)N(C)c2ccccc2)cc(-c2cc3c(cc2C(=O)N2Cc4ccccc4C[C@H]2CN2CCOCC2)CN(C(=O)Oc2ccccc2)CC3)n1CCO. The Balaban J connectivity index is 1.22. The van der Waals surface area contributed by atoms with Crippen molar-refractivity contribution in [3.8, 4) is 17.0 Å². The number of morpholine rings is 1. The van der Waals surface area contributed by atoms with E-state index in [0.29, 0.717) is 73.1 Å². The summed E-state index contributed by atoms with van der Waals surface area (Å²) >= 11 is 0. The van der Waals surface area contributed by atoms with E-state index in [2.05, 4.69) is 29.2 Å². The van der Waals surface area contributed by atoms with Crippen LogP contribution < -0.4 is 9.64 Å². The van der Waals surface area contributed by atoms with Gasteiger partial charge in [-0.1, -0.05) is 60.7 Å². The molecular weight excluding hydrogens is 719 g/mol. The molecule has 0 radical (unpaired) electrons. The molecule has 0 bridgehead atoms. The number of ether oxygens (including phenoxy) is 2. The number of aliphatic hydroxyl groups is 1. The molecule has 1 aromatic heterocycles. The second-order valence-electron chi connectivity index (χ2n) is 15.1. The van der Waals surface area contributed by atoms with Gasteiger partial charge in [-0.3, -0.25) is 14.5 Å². The molecule has 3 aliphatic rings. The summed E-state index contributed by atoms with van der Waals surface area (Å²) in [6.45, 7) is 6.82. The standard InChI is InChI=1S/C46H49N5O6/c1-32-40(44(53)47(2)37-13-5-3-6-14-37)28-43(50(32)19-22-52)41-26-34-17-18-49(46(55)57-39-15-7-4-8-16-39)29-36(34)27-42(41)45(54)51-30-35-12-10-9-11-33(35)25-38(51)31-48-20-23-56-24-21-48/h3-16,26-28,38,52H,17-25,29-31H2,1-2H3/t38-/m0/s1. The molecule has 1 fully saturated rings. The van der Waals surface area contributed by atoms with Crippen LogP contribution in [-0.2, 0) is 37.2 Å². The molecule has 4 aromatic carbocycles. The third-order valence-electron chi connectivity index (χ3n) is 11.6. The van der Waals surface area contributed by atoms with Gasteiger partial charge in [0.05, 0.1) is 25.4 Å². The quantitative estimate of drug-likeness (QED) is 0.191. The van der Waals surface area contributed by atoms with Gasteiger partial charge in [0.2, 0.25) is 0 Å². The first kappa shape index (κ1) is 38.1. The summed E-state index contributed by atoms with van der Waals surface area (Å²) in [6, 6.07) is 32.6. The molecule has 3 amide bonds. The van der Waals surface area contributed by atoms with Crippen LogP contribution in [0.15, 0.2) is 103 Å². The van der Waals surface area contributed by atoms with Gasteiger partial charge in [0.15, 0.2) is 0 Å². The molecule has 8 rings (SSSR count). The zero-order chi connectivity index (χ0) is 39.5. The van der Waals surface area contributed by atoms with Gasteiger partial charge in [0.25, 0.3) is 11.8 Å². The second kappa shape index (κ2) is 16.8. The van der Waals surface area contributed by atoms with E-state index in [1.54, 1.807) is 29.0 Å². The minimum atomic E-state index is -0.444. The summed E-state index contributed by atoms with van der Waals surface area (Å²) in [6.07, 6.45) is 0.836. The van der Waals surface area contributed by atoms with Crippen molar-refractivity contribution in [3.63, 3.8) is 0 Å². The number of benzene rings is 4. The highest BCUT2D eigenvalue weighted by Crippen LogP contribution is 2.36. The van der Waals surface area contributed by atoms with E-state index in [9.17, 15) is 14.7 Å². The number of carbonyl (C=O) groups is 3. The van der Waals surface area contributed by atoms with Crippen LogP contribution in [0, 0.1) is 6.92 Å². The summed E-state index contributed by atoms with van der Waals surface area (Å²) in [5.41, 5.74) is 8.08. The van der Waals surface area contributed by atoms with Gasteiger partial charge < -0.3 is 33.8 Å². The second-order valence-corrected chi connectivity index (χ2v) is 15.1. The third kappa shape index (κ3) is 7.96. The molecule has 1 saturated heterocycles. The smallest absolute Gasteiger partial charge is 0.410 e. The molecule has 0 aliphatic carbocycles. The number of rotatable bonds is 9. The Labute approximate surface area is 333 Å². The Bertz CT molecular complexity index is 2250. The number of amides is 3. The maximum absolute atomic E-state index is 15.4. The largest absolute Gasteiger partial charge is 0.415 e. The minimum Gasteiger partial charge on any atom is -0.410 e. The molecule has 5 aromatic rings. The maximum atomic E-state index is 15.4. The fourth-order valence-electron chi connectivity index (χ4n) is 8.46. The molecular formula is C46H49N5O6. The number of hydrogen-bond acceptors (Lipinski definition) is 7. The summed E-state index contributed by atoms with van der Waals surface area (Å²) < 4.78 is 13.3. The van der Waals surface area contributed by atoms with E-state index in [4.69, 9.17) is 9.47 Å². The number of aliphatic hydroxyl groups excluding tert-OH is 1. The molecule has 0 spiro atoms. The van der Waals surface area contributed by atoms with Crippen LogP contribution in [0.5, 0.6) is 5.75 Å². The van der Waals surface area contributed by atoms with Crippen LogP contribution in [0.3, 0.4) is 0 Å². The van der Waals surface area contributed by atoms with Crippen LogP contribution in [0.1, 0.15) is 48.7 Å². The zero-order valence-electron chi connectivity index (χ0n) is 32.6. The Morgan fingerprint density at radius 1 is 0.807 bits per heavy atom. The lowest BCUT2D eigenvalue weighted by Crippen LogP contribution is -2.52. The summed E-state index contributed by atoms with van der Waals surface area (Å²) in [7, 11) is 1.76. The molecule has 0 saturated carbocycles. The summed E-state index contributed by atoms with van der Waals surface area (Å²) in [5, 5.41) is 10.3. The van der Waals surface area contributed by atoms with Gasteiger partial charge in [-0.2, -0.15) is 0 Å². The number of fused-ring (bicyclic) bond motifs is 2. The number of nitrogens with zero attached hydrogens (tertiary/aromatic N) is 5. The number of aromatic nitrogens is 1. The van der Waals surface area contributed by atoms with Crippen molar-refractivity contribution < 1.29 is 29.0 Å². The molecule has 1 atom stereocenters. The van der Waals surface area contributed by atoms with Crippen molar-refractivity contribution in [2.24, 2.45) is 0 Å². The minimum absolute atomic E-state index is 0.0886. The predicted octanol–water partition coefficient (Wildman–Crippen LogP) is 6.19. The van der Waals surface area contributed by atoms with Gasteiger partial charge in [0, 0.05) is 87.1 Å². The summed E-state index contributed by atoms with van der Waals surface area (Å²) in [5.74, 6) is 0.168. The molecule has 11 heteroatoms. The van der Waals surface area contributed by atoms with Gasteiger partial charge in [0.1, 0.15) is 5.75 Å². The lowest BCUT2D eigenvalue weighted by molar-refractivity contribution is 0.0193. The fourth-order valence-corrected chi connectivity index (χ4v) is 8.46. The lowest BCUT2D eigenvalue weighted by atomic mass is 9.89. The van der Waals surface area contributed by atoms with Gasteiger partial charge in [-0.05, 0) is 84.5 Å². The summed E-state index contributed by atoms with van der Waals surface area (Å²) in [4.78, 5) is 50.7. The zero-order valence-corrected chi connectivity index (χ0v) is 32.6. The topological polar surface area (TPSA) is 108 Å². The fraction of sp³-hybridized carbons (Fsp3) is 0.326. The Kier molecular flexibility index (Phi) is 11.2. The molecule has 294 valence electrons. The van der Waals surface area contributed by atoms with Crippen molar-refractivity contribution in [2.45, 2.75) is 45.4 Å². The van der Waals surface area contributed by atoms with Crippen LogP contribution >= 0.6 is 0 Å². The molecule has 57 heavy (non-hydrogen) atoms. The average Bonchev–Trinajstić information content (AvgIpc) is 3.57. The van der Waals surface area contributed by atoms with Crippen LogP contribution in [0.25, 0.3) is 11.3 Å². The van der Waals surface area contributed by atoms with E-state index < -0.39 is 6.09 Å². The number of para-hydroxylation sites is 2. The van der Waals surface area contributed by atoms with Gasteiger partial charge in [-0.25, -0.2) is 4.79 Å². The van der Waals surface area contributed by atoms with Crippen molar-refractivity contribution >= 4 is 23.6 Å². The van der Waals surface area contributed by atoms with Crippen molar-refractivity contribution in [1.82, 2.24) is 19.3 Å². The normalized spacial score (nSPS) is 16.8. The Morgan fingerprint density at radius 2 is 1.51 bits per heavy atom. The maximum Gasteiger partial charge on any atom is 0.415 e. The molecule has 3 aliphatic heterocycles. The highest BCUT2D eigenvalue weighted by atomic mass is 16.6. The van der Waals surface area contributed by atoms with Crippen LogP contribution in [0.4, 0.5) is 10.5 Å². The average molecular weight is 768 g/mol. The van der Waals surface area contributed by atoms with Crippen LogP contribution in [0.2, 0.25) is 0 Å². The first-order valence-electron chi connectivity index (χ1n) is 19.8. The first-order valence-corrected chi connectivity index (χ1v) is 19.8. The Morgan fingerprint density at radius 3 is 2.25 bits per heavy atom. The first-order chi connectivity index (χ1) is 27.8. The Hall–Kier alpha value is -5.75. The van der Waals surface area contributed by atoms with E-state index in [1.807, 2.05) is 83.1 Å². The third-order valence-corrected chi connectivity index (χ3v) is 11.6. The van der Waals surface area contributed by atoms with Crippen LogP contribution in [-0.4, -0.2) is 101 Å².